The van der Waals surface area contributed by atoms with Crippen LogP contribution in [0.2, 0.25) is 0 Å². The van der Waals surface area contributed by atoms with E-state index in [-0.39, 0.29) is 17.7 Å². The van der Waals surface area contributed by atoms with Crippen molar-refractivity contribution in [3.8, 4) is 0 Å². The molecule has 0 heterocycles. The summed E-state index contributed by atoms with van der Waals surface area (Å²) in [4.78, 5) is 11.7. The van der Waals surface area contributed by atoms with Crippen LogP contribution in [0.1, 0.15) is 15.9 Å². The van der Waals surface area contributed by atoms with E-state index in [0.717, 1.165) is 0 Å². The van der Waals surface area contributed by atoms with Crippen LogP contribution >= 0.6 is 0 Å². The van der Waals surface area contributed by atoms with E-state index in [1.807, 2.05) is 0 Å². The summed E-state index contributed by atoms with van der Waals surface area (Å²) in [5, 5.41) is 2.30. The minimum Gasteiger partial charge on any atom is -0.348 e. The van der Waals surface area contributed by atoms with Crippen LogP contribution in [0.4, 0.5) is 17.6 Å². The summed E-state index contributed by atoms with van der Waals surface area (Å²) < 4.78 is 52.0. The smallest absolute Gasteiger partial charge is 0.251 e. The van der Waals surface area contributed by atoms with E-state index in [9.17, 15) is 22.4 Å². The third-order valence-corrected chi connectivity index (χ3v) is 2.64. The van der Waals surface area contributed by atoms with Gasteiger partial charge in [-0.1, -0.05) is 18.2 Å². The number of nitrogens with one attached hydrogen (secondary N) is 1. The summed E-state index contributed by atoms with van der Waals surface area (Å²) in [6.45, 7) is -0.147. The maximum absolute atomic E-state index is 13.3. The van der Waals surface area contributed by atoms with E-state index in [1.165, 1.54) is 18.2 Å². The van der Waals surface area contributed by atoms with Gasteiger partial charge in [-0.3, -0.25) is 4.79 Å². The number of hydrogen-bond acceptors (Lipinski definition) is 1. The molecule has 2 aromatic rings. The van der Waals surface area contributed by atoms with Crippen LogP contribution in [-0.2, 0) is 6.54 Å². The van der Waals surface area contributed by atoms with Crippen molar-refractivity contribution in [2.24, 2.45) is 0 Å². The lowest BCUT2D eigenvalue weighted by molar-refractivity contribution is 0.0949. The molecule has 20 heavy (non-hydrogen) atoms. The van der Waals surface area contributed by atoms with Crippen LogP contribution in [0.15, 0.2) is 36.4 Å². The van der Waals surface area contributed by atoms with E-state index in [1.54, 1.807) is 6.07 Å². The lowest BCUT2D eigenvalue weighted by Gasteiger charge is -2.07. The molecule has 104 valence electrons. The Morgan fingerprint density at radius 1 is 0.950 bits per heavy atom. The number of carbonyl (C=O) groups excluding carboxylic acids is 1. The van der Waals surface area contributed by atoms with Crippen molar-refractivity contribution in [3.05, 3.63) is 70.8 Å². The van der Waals surface area contributed by atoms with Crippen molar-refractivity contribution in [2.45, 2.75) is 6.54 Å². The number of carbonyl (C=O) groups is 1. The zero-order chi connectivity index (χ0) is 14.7. The molecular weight excluding hydrogens is 274 g/mol. The van der Waals surface area contributed by atoms with Crippen molar-refractivity contribution >= 4 is 5.91 Å². The van der Waals surface area contributed by atoms with Gasteiger partial charge in [-0.05, 0) is 18.2 Å². The molecule has 0 unspecified atom stereocenters. The molecule has 0 aliphatic rings. The van der Waals surface area contributed by atoms with Crippen LogP contribution in [0.5, 0.6) is 0 Å². The molecule has 2 nitrogen and oxygen atoms in total. The number of rotatable bonds is 3. The topological polar surface area (TPSA) is 29.1 Å². The van der Waals surface area contributed by atoms with E-state index in [4.69, 9.17) is 0 Å². The molecular formula is C14H9F4NO. The summed E-state index contributed by atoms with van der Waals surface area (Å²) >= 11 is 0. The van der Waals surface area contributed by atoms with Crippen molar-refractivity contribution < 1.29 is 22.4 Å². The third kappa shape index (κ3) is 2.96. The molecule has 0 bridgehead atoms. The molecule has 1 N–H and O–H groups in total. The summed E-state index contributed by atoms with van der Waals surface area (Å²) in [6.07, 6.45) is 0. The van der Waals surface area contributed by atoms with Gasteiger partial charge < -0.3 is 5.32 Å². The van der Waals surface area contributed by atoms with Crippen LogP contribution in [0.25, 0.3) is 0 Å². The first-order valence-corrected chi connectivity index (χ1v) is 5.65. The second-order valence-corrected chi connectivity index (χ2v) is 4.03. The van der Waals surface area contributed by atoms with Gasteiger partial charge in [-0.2, -0.15) is 0 Å². The number of benzene rings is 2. The van der Waals surface area contributed by atoms with E-state index in [2.05, 4.69) is 5.32 Å². The Kier molecular flexibility index (Phi) is 4.02. The predicted molar refractivity (Wildman–Crippen MR) is 63.9 cm³/mol. The summed E-state index contributed by atoms with van der Waals surface area (Å²) in [5.74, 6) is -5.90. The molecule has 2 aromatic carbocycles. The number of hydrogen-bond donors (Lipinski definition) is 1. The maximum atomic E-state index is 13.3. The molecule has 0 atom stereocenters. The average Bonchev–Trinajstić information content (AvgIpc) is 2.43. The largest absolute Gasteiger partial charge is 0.348 e. The van der Waals surface area contributed by atoms with Gasteiger partial charge in [0.25, 0.3) is 5.91 Å². The molecule has 0 radical (unpaired) electrons. The molecule has 0 saturated carbocycles. The minimum atomic E-state index is -1.64. The van der Waals surface area contributed by atoms with Crippen LogP contribution < -0.4 is 5.32 Å². The van der Waals surface area contributed by atoms with Gasteiger partial charge in [0.2, 0.25) is 0 Å². The Bertz CT molecular complexity index is 634. The first kappa shape index (κ1) is 14.0. The molecule has 2 rings (SSSR count). The second-order valence-electron chi connectivity index (χ2n) is 4.03. The van der Waals surface area contributed by atoms with Crippen LogP contribution in [0, 0.1) is 23.3 Å². The molecule has 0 saturated heterocycles. The molecule has 0 aromatic heterocycles. The third-order valence-electron chi connectivity index (χ3n) is 2.64. The Morgan fingerprint density at radius 2 is 1.55 bits per heavy atom. The van der Waals surface area contributed by atoms with Gasteiger partial charge in [0, 0.05) is 17.7 Å². The Morgan fingerprint density at radius 3 is 2.15 bits per heavy atom. The number of halogens is 4. The summed E-state index contributed by atoms with van der Waals surface area (Å²) in [5.41, 5.74) is -0.151. The Hall–Kier alpha value is -2.37. The van der Waals surface area contributed by atoms with Gasteiger partial charge in [-0.25, -0.2) is 17.6 Å². The lowest BCUT2D eigenvalue weighted by Crippen LogP contribution is -2.23. The molecule has 6 heteroatoms. The van der Waals surface area contributed by atoms with Crippen LogP contribution in [0.3, 0.4) is 0 Å². The standard InChI is InChI=1S/C14H9F4NO/c15-10-4-2-1-3-8(10)7-19-14(20)9-5-11(16)13(18)12(17)6-9/h1-6H,7H2,(H,19,20). The van der Waals surface area contributed by atoms with Crippen molar-refractivity contribution in [2.75, 3.05) is 0 Å². The molecule has 0 fully saturated rings. The highest BCUT2D eigenvalue weighted by atomic mass is 19.2. The van der Waals surface area contributed by atoms with Gasteiger partial charge in [0.1, 0.15) is 5.82 Å². The predicted octanol–water partition coefficient (Wildman–Crippen LogP) is 3.17. The van der Waals surface area contributed by atoms with Gasteiger partial charge >= 0.3 is 0 Å². The highest BCUT2D eigenvalue weighted by Gasteiger charge is 2.15. The monoisotopic (exact) mass is 283 g/mol. The quantitative estimate of drug-likeness (QED) is 0.680. The highest BCUT2D eigenvalue weighted by molar-refractivity contribution is 5.94. The molecule has 1 amide bonds. The van der Waals surface area contributed by atoms with Crippen molar-refractivity contribution in [1.29, 1.82) is 0 Å². The Balaban J connectivity index is 2.11. The van der Waals surface area contributed by atoms with Crippen molar-refractivity contribution in [1.82, 2.24) is 5.32 Å². The fourth-order valence-corrected chi connectivity index (χ4v) is 1.61. The van der Waals surface area contributed by atoms with Gasteiger partial charge in [-0.15, -0.1) is 0 Å². The minimum absolute atomic E-state index is 0.147. The number of amides is 1. The highest BCUT2D eigenvalue weighted by Crippen LogP contribution is 2.14. The SMILES string of the molecule is O=C(NCc1ccccc1F)c1cc(F)c(F)c(F)c1. The zero-order valence-electron chi connectivity index (χ0n) is 10.1. The van der Waals surface area contributed by atoms with Gasteiger partial charge in [0.05, 0.1) is 0 Å². The zero-order valence-corrected chi connectivity index (χ0v) is 10.1. The molecule has 0 aliphatic carbocycles. The molecule has 0 spiro atoms. The van der Waals surface area contributed by atoms with Crippen molar-refractivity contribution in [3.63, 3.8) is 0 Å². The average molecular weight is 283 g/mol. The van der Waals surface area contributed by atoms with E-state index < -0.39 is 29.2 Å². The summed E-state index contributed by atoms with van der Waals surface area (Å²) in [7, 11) is 0. The van der Waals surface area contributed by atoms with Crippen LogP contribution in [-0.4, -0.2) is 5.91 Å². The fraction of sp³-hybridized carbons (Fsp3) is 0.0714. The Labute approximate surface area is 112 Å². The lowest BCUT2D eigenvalue weighted by atomic mass is 10.1. The summed E-state index contributed by atoms with van der Waals surface area (Å²) in [6, 6.07) is 6.91. The normalized spacial score (nSPS) is 10.4. The first-order valence-electron chi connectivity index (χ1n) is 5.65. The maximum Gasteiger partial charge on any atom is 0.251 e. The van der Waals surface area contributed by atoms with E-state index in [0.29, 0.717) is 12.1 Å². The molecule has 0 aliphatic heterocycles. The van der Waals surface area contributed by atoms with Gasteiger partial charge in [0.15, 0.2) is 17.5 Å². The second kappa shape index (κ2) is 5.73. The first-order chi connectivity index (χ1) is 9.49. The fourth-order valence-electron chi connectivity index (χ4n) is 1.61. The van der Waals surface area contributed by atoms with E-state index >= 15 is 0 Å².